The zero-order valence-corrected chi connectivity index (χ0v) is 20.6. The number of urea groups is 1. The van der Waals surface area contributed by atoms with Gasteiger partial charge in [-0.05, 0) is 47.4 Å². The van der Waals surface area contributed by atoms with Crippen molar-refractivity contribution in [1.82, 2.24) is 10.2 Å². The topological polar surface area (TPSA) is 112 Å². The van der Waals surface area contributed by atoms with Gasteiger partial charge in [0.25, 0.3) is 5.91 Å². The maximum absolute atomic E-state index is 13.3. The number of hydrogen-bond acceptors (Lipinski definition) is 4. The lowest BCUT2D eigenvalue weighted by molar-refractivity contribution is -0.139. The number of hydrogen-bond donors (Lipinski definition) is 3. The number of carboxylic acid groups (broad SMARTS) is 1. The fourth-order valence-corrected chi connectivity index (χ4v) is 4.64. The van der Waals surface area contributed by atoms with Crippen LogP contribution in [0.15, 0.2) is 95.4 Å². The highest BCUT2D eigenvalue weighted by Gasteiger charge is 2.30. The van der Waals surface area contributed by atoms with E-state index in [9.17, 15) is 19.5 Å². The van der Waals surface area contributed by atoms with E-state index in [0.717, 1.165) is 16.7 Å². The molecular weight excluding hydrogens is 482 g/mol. The van der Waals surface area contributed by atoms with Gasteiger partial charge in [0.15, 0.2) is 5.76 Å². The number of rotatable bonds is 6. The molecule has 192 valence electrons. The molecule has 38 heavy (non-hydrogen) atoms. The van der Waals surface area contributed by atoms with Gasteiger partial charge in [0, 0.05) is 30.9 Å². The van der Waals surface area contributed by atoms with Crippen molar-refractivity contribution in [3.63, 3.8) is 0 Å². The Labute approximate surface area is 219 Å². The Morgan fingerprint density at radius 3 is 2.53 bits per heavy atom. The first-order valence-electron chi connectivity index (χ1n) is 12.4. The van der Waals surface area contributed by atoms with Crippen LogP contribution in [-0.2, 0) is 17.9 Å². The Bertz CT molecular complexity index is 1460. The van der Waals surface area contributed by atoms with Crippen LogP contribution in [0.3, 0.4) is 0 Å². The molecule has 1 aliphatic heterocycles. The fourth-order valence-electron chi connectivity index (χ4n) is 4.64. The summed E-state index contributed by atoms with van der Waals surface area (Å²) < 4.78 is 5.92. The first-order chi connectivity index (χ1) is 18.5. The molecule has 3 aromatic carbocycles. The summed E-state index contributed by atoms with van der Waals surface area (Å²) in [5.41, 5.74) is 3.85. The molecule has 0 bridgehead atoms. The Kier molecular flexibility index (Phi) is 7.21. The molecule has 0 fully saturated rings. The van der Waals surface area contributed by atoms with Gasteiger partial charge in [-0.3, -0.25) is 9.59 Å². The molecule has 1 aliphatic rings. The molecular formula is C30H27N3O5. The molecule has 1 atom stereocenters. The molecule has 1 unspecified atom stereocenters. The highest BCUT2D eigenvalue weighted by molar-refractivity contribution is 5.93. The minimum absolute atomic E-state index is 0.172. The van der Waals surface area contributed by atoms with Gasteiger partial charge in [0.1, 0.15) is 5.76 Å². The van der Waals surface area contributed by atoms with E-state index in [4.69, 9.17) is 4.42 Å². The zero-order valence-electron chi connectivity index (χ0n) is 20.6. The van der Waals surface area contributed by atoms with Crippen LogP contribution in [0.2, 0.25) is 0 Å². The van der Waals surface area contributed by atoms with Gasteiger partial charge >= 0.3 is 12.0 Å². The van der Waals surface area contributed by atoms with Crippen molar-refractivity contribution in [1.29, 1.82) is 0 Å². The van der Waals surface area contributed by atoms with Crippen molar-refractivity contribution in [2.24, 2.45) is 0 Å². The molecule has 4 aromatic rings. The minimum atomic E-state index is -0.894. The summed E-state index contributed by atoms with van der Waals surface area (Å²) in [6, 6.07) is 27.1. The fraction of sp³-hybridized carbons (Fsp3) is 0.167. The van der Waals surface area contributed by atoms with Crippen LogP contribution in [0.25, 0.3) is 11.3 Å². The summed E-state index contributed by atoms with van der Waals surface area (Å²) in [7, 11) is 0. The highest BCUT2D eigenvalue weighted by Crippen LogP contribution is 2.31. The zero-order chi connectivity index (χ0) is 26.5. The van der Waals surface area contributed by atoms with Gasteiger partial charge in [-0.1, -0.05) is 66.7 Å². The third-order valence-corrected chi connectivity index (χ3v) is 6.58. The molecule has 0 saturated carbocycles. The summed E-state index contributed by atoms with van der Waals surface area (Å²) in [4.78, 5) is 39.1. The number of benzene rings is 3. The smallest absolute Gasteiger partial charge is 0.319 e. The average Bonchev–Trinajstić information content (AvgIpc) is 3.34. The van der Waals surface area contributed by atoms with E-state index in [2.05, 4.69) is 10.6 Å². The lowest BCUT2D eigenvalue weighted by atomic mass is 9.93. The van der Waals surface area contributed by atoms with Gasteiger partial charge in [-0.15, -0.1) is 0 Å². The van der Waals surface area contributed by atoms with E-state index in [-0.39, 0.29) is 17.7 Å². The van der Waals surface area contributed by atoms with Crippen LogP contribution < -0.4 is 10.6 Å². The summed E-state index contributed by atoms with van der Waals surface area (Å²) in [5.74, 6) is -1.19. The van der Waals surface area contributed by atoms with E-state index in [0.29, 0.717) is 43.1 Å². The summed E-state index contributed by atoms with van der Waals surface area (Å²) in [6.07, 6.45) is 0.325. The summed E-state index contributed by atoms with van der Waals surface area (Å²) >= 11 is 0. The Balaban J connectivity index is 1.26. The van der Waals surface area contributed by atoms with Gasteiger partial charge in [-0.25, -0.2) is 4.79 Å². The molecule has 2 heterocycles. The molecule has 0 spiro atoms. The van der Waals surface area contributed by atoms with E-state index in [1.54, 1.807) is 35.2 Å². The van der Waals surface area contributed by atoms with Crippen LogP contribution in [0.4, 0.5) is 10.5 Å². The second-order valence-electron chi connectivity index (χ2n) is 9.14. The Hall–Kier alpha value is -4.85. The first kappa shape index (κ1) is 24.8. The number of fused-ring (bicyclic) bond motifs is 1. The molecule has 1 aromatic heterocycles. The van der Waals surface area contributed by atoms with Gasteiger partial charge in [0.2, 0.25) is 0 Å². The number of anilines is 1. The van der Waals surface area contributed by atoms with E-state index in [1.807, 2.05) is 60.7 Å². The first-order valence-corrected chi connectivity index (χ1v) is 12.4. The second-order valence-corrected chi connectivity index (χ2v) is 9.14. The molecule has 8 heteroatoms. The van der Waals surface area contributed by atoms with Crippen molar-refractivity contribution >= 4 is 23.6 Å². The minimum Gasteiger partial charge on any atom is -0.481 e. The van der Waals surface area contributed by atoms with Crippen LogP contribution in [-0.4, -0.2) is 34.5 Å². The molecule has 5 rings (SSSR count). The van der Waals surface area contributed by atoms with Gasteiger partial charge in [0.05, 0.1) is 5.92 Å². The highest BCUT2D eigenvalue weighted by atomic mass is 16.4. The standard InChI is InChI=1S/C30H27N3O5/c34-28(33-16-15-25(29(35)36)24-12-5-4-9-22(24)19-33)27-14-13-26(38-27)21-10-6-11-23(17-21)32-30(37)31-18-20-7-2-1-3-8-20/h1-14,17,25H,15-16,18-19H2,(H,35,36)(H2,31,32,37). The number of carbonyl (C=O) groups excluding carboxylic acids is 2. The van der Waals surface area contributed by atoms with Crippen molar-refractivity contribution in [2.75, 3.05) is 11.9 Å². The Morgan fingerprint density at radius 2 is 1.71 bits per heavy atom. The van der Waals surface area contributed by atoms with Crippen LogP contribution in [0.5, 0.6) is 0 Å². The molecule has 0 radical (unpaired) electrons. The van der Waals surface area contributed by atoms with Crippen molar-refractivity contribution in [2.45, 2.75) is 25.4 Å². The number of aliphatic carboxylic acids is 1. The Morgan fingerprint density at radius 1 is 0.921 bits per heavy atom. The van der Waals surface area contributed by atoms with Gasteiger partial charge < -0.3 is 25.1 Å². The third kappa shape index (κ3) is 5.59. The molecule has 3 N–H and O–H groups in total. The number of carbonyl (C=O) groups is 3. The van der Waals surface area contributed by atoms with Crippen molar-refractivity contribution in [3.8, 4) is 11.3 Å². The maximum Gasteiger partial charge on any atom is 0.319 e. The van der Waals surface area contributed by atoms with E-state index < -0.39 is 11.9 Å². The number of carboxylic acids is 1. The number of nitrogens with one attached hydrogen (secondary N) is 2. The largest absolute Gasteiger partial charge is 0.481 e. The van der Waals surface area contributed by atoms with Crippen LogP contribution >= 0.6 is 0 Å². The van der Waals surface area contributed by atoms with Gasteiger partial charge in [-0.2, -0.15) is 0 Å². The average molecular weight is 510 g/mol. The van der Waals surface area contributed by atoms with E-state index in [1.165, 1.54) is 0 Å². The van der Waals surface area contributed by atoms with E-state index >= 15 is 0 Å². The van der Waals surface area contributed by atoms with Crippen molar-refractivity contribution < 1.29 is 23.9 Å². The third-order valence-electron chi connectivity index (χ3n) is 6.58. The quantitative estimate of drug-likeness (QED) is 0.319. The number of amides is 3. The van der Waals surface area contributed by atoms with Crippen LogP contribution in [0, 0.1) is 0 Å². The summed E-state index contributed by atoms with van der Waals surface area (Å²) in [5, 5.41) is 15.3. The number of furan rings is 1. The van der Waals surface area contributed by atoms with Crippen LogP contribution in [0.1, 0.15) is 39.6 Å². The predicted octanol–water partition coefficient (Wildman–Crippen LogP) is 5.48. The maximum atomic E-state index is 13.3. The molecule has 0 saturated heterocycles. The lowest BCUT2D eigenvalue weighted by Gasteiger charge is -2.19. The normalized spacial score (nSPS) is 14.7. The monoisotopic (exact) mass is 509 g/mol. The number of nitrogens with zero attached hydrogens (tertiary/aromatic N) is 1. The predicted molar refractivity (Wildman–Crippen MR) is 143 cm³/mol. The molecule has 3 amide bonds. The lowest BCUT2D eigenvalue weighted by Crippen LogP contribution is -2.30. The SMILES string of the molecule is O=C(NCc1ccccc1)Nc1cccc(-c2ccc(C(=O)N3CCC(C(=O)O)c4ccccc4C3)o2)c1. The summed E-state index contributed by atoms with van der Waals surface area (Å²) in [6.45, 7) is 1.02. The second kappa shape index (κ2) is 11.0. The molecule has 0 aliphatic carbocycles. The molecule has 8 nitrogen and oxygen atoms in total. The van der Waals surface area contributed by atoms with Crippen molar-refractivity contribution in [3.05, 3.63) is 113 Å².